The lowest BCUT2D eigenvalue weighted by atomic mass is 10.2. The highest BCUT2D eigenvalue weighted by molar-refractivity contribution is 5.79. The second-order valence-electron chi connectivity index (χ2n) is 3.71. The second-order valence-corrected chi connectivity index (χ2v) is 3.71. The van der Waals surface area contributed by atoms with Crippen molar-refractivity contribution in [2.45, 2.75) is 32.2 Å². The molecule has 1 atom stereocenters. The van der Waals surface area contributed by atoms with Crippen LogP contribution in [0.4, 0.5) is 0 Å². The molecule has 0 aromatic heterocycles. The number of amides is 2. The molecule has 88 valence electrons. The Morgan fingerprint density at radius 1 is 1.40 bits per heavy atom. The van der Waals surface area contributed by atoms with Gasteiger partial charge in [0.05, 0.1) is 6.04 Å². The number of hydrogen-bond acceptors (Lipinski definition) is 3. The molecule has 2 amide bonds. The molecule has 3 N–H and O–H groups in total. The third kappa shape index (κ3) is 6.06. The monoisotopic (exact) mass is 215 g/mol. The largest absolute Gasteiger partial charge is 0.368 e. The van der Waals surface area contributed by atoms with E-state index >= 15 is 0 Å². The average molecular weight is 215 g/mol. The zero-order valence-electron chi connectivity index (χ0n) is 9.75. The summed E-state index contributed by atoms with van der Waals surface area (Å²) in [5.41, 5.74) is 5.16. The van der Waals surface area contributed by atoms with E-state index in [-0.39, 0.29) is 17.9 Å². The van der Waals surface area contributed by atoms with Crippen LogP contribution in [0.5, 0.6) is 0 Å². The van der Waals surface area contributed by atoms with Crippen LogP contribution in [0.1, 0.15) is 26.2 Å². The van der Waals surface area contributed by atoms with Crippen LogP contribution < -0.4 is 11.1 Å². The molecule has 0 aliphatic carbocycles. The minimum atomic E-state index is -0.337. The molecule has 0 aromatic carbocycles. The Morgan fingerprint density at radius 2 is 2.00 bits per heavy atom. The molecule has 0 spiro atoms. The Labute approximate surface area is 91.0 Å². The van der Waals surface area contributed by atoms with Crippen LogP contribution in [-0.4, -0.2) is 43.4 Å². The molecule has 0 bridgehead atoms. The molecule has 0 saturated heterocycles. The van der Waals surface area contributed by atoms with Crippen LogP contribution in [0.3, 0.4) is 0 Å². The Hall–Kier alpha value is -1.10. The van der Waals surface area contributed by atoms with Gasteiger partial charge >= 0.3 is 0 Å². The van der Waals surface area contributed by atoms with E-state index in [2.05, 4.69) is 5.32 Å². The lowest BCUT2D eigenvalue weighted by Crippen LogP contribution is -2.41. The van der Waals surface area contributed by atoms with Crippen LogP contribution in [0.25, 0.3) is 0 Å². The molecule has 0 aliphatic heterocycles. The molecule has 1 unspecified atom stereocenters. The molecule has 0 saturated carbocycles. The van der Waals surface area contributed by atoms with Crippen molar-refractivity contribution in [3.05, 3.63) is 0 Å². The highest BCUT2D eigenvalue weighted by Crippen LogP contribution is 1.94. The van der Waals surface area contributed by atoms with Gasteiger partial charge < -0.3 is 16.0 Å². The van der Waals surface area contributed by atoms with Gasteiger partial charge in [0.15, 0.2) is 0 Å². The Morgan fingerprint density at radius 3 is 2.40 bits per heavy atom. The van der Waals surface area contributed by atoms with Gasteiger partial charge in [0.2, 0.25) is 11.8 Å². The fraction of sp³-hybridized carbons (Fsp3) is 0.800. The summed E-state index contributed by atoms with van der Waals surface area (Å²) in [6, 6.07) is -0.278. The highest BCUT2D eigenvalue weighted by Gasteiger charge is 2.11. The fourth-order valence-electron chi connectivity index (χ4n) is 1.19. The summed E-state index contributed by atoms with van der Waals surface area (Å²) in [5.74, 6) is -0.236. The maximum Gasteiger partial charge on any atom is 0.234 e. The van der Waals surface area contributed by atoms with Crippen molar-refractivity contribution in [3.8, 4) is 0 Å². The molecule has 0 heterocycles. The molecule has 5 heteroatoms. The summed E-state index contributed by atoms with van der Waals surface area (Å²) < 4.78 is 0. The fourth-order valence-corrected chi connectivity index (χ4v) is 1.19. The summed E-state index contributed by atoms with van der Waals surface area (Å²) >= 11 is 0. The minimum Gasteiger partial charge on any atom is -0.368 e. The molecule has 0 aromatic rings. The Bertz CT molecular complexity index is 217. The number of hydrogen-bond donors (Lipinski definition) is 2. The first kappa shape index (κ1) is 13.9. The number of nitrogens with zero attached hydrogens (tertiary/aromatic N) is 1. The van der Waals surface area contributed by atoms with Crippen LogP contribution >= 0.6 is 0 Å². The molecule has 0 rings (SSSR count). The zero-order chi connectivity index (χ0) is 11.8. The van der Waals surface area contributed by atoms with Gasteiger partial charge in [0, 0.05) is 20.5 Å². The van der Waals surface area contributed by atoms with Crippen molar-refractivity contribution in [1.29, 1.82) is 0 Å². The molecule has 5 nitrogen and oxygen atoms in total. The van der Waals surface area contributed by atoms with Gasteiger partial charge in [-0.25, -0.2) is 0 Å². The summed E-state index contributed by atoms with van der Waals surface area (Å²) in [7, 11) is 3.46. The number of nitrogens with one attached hydrogen (secondary N) is 1. The number of primary amides is 1. The molecule has 0 radical (unpaired) electrons. The second kappa shape index (κ2) is 7.23. The van der Waals surface area contributed by atoms with Crippen molar-refractivity contribution in [1.82, 2.24) is 10.2 Å². The number of carbonyl (C=O) groups excluding carboxylic acids is 2. The van der Waals surface area contributed by atoms with Crippen molar-refractivity contribution in [3.63, 3.8) is 0 Å². The maximum absolute atomic E-state index is 11.2. The maximum atomic E-state index is 11.2. The minimum absolute atomic E-state index is 0.101. The molecule has 0 aliphatic rings. The van der Waals surface area contributed by atoms with E-state index in [1.54, 1.807) is 19.0 Å². The standard InChI is InChI=1S/C10H21N3O2/c1-4-8(10(11)15)12-7-5-6-9(14)13(2)3/h8,12H,4-7H2,1-3H3,(H2,11,15). The SMILES string of the molecule is CCC(NCCCC(=O)N(C)C)C(N)=O. The number of rotatable bonds is 7. The van der Waals surface area contributed by atoms with Gasteiger partial charge in [-0.2, -0.15) is 0 Å². The molecule has 0 fully saturated rings. The van der Waals surface area contributed by atoms with Gasteiger partial charge in [0.1, 0.15) is 0 Å². The molecule has 15 heavy (non-hydrogen) atoms. The average Bonchev–Trinajstić information content (AvgIpc) is 2.16. The van der Waals surface area contributed by atoms with Crippen molar-refractivity contribution < 1.29 is 9.59 Å². The smallest absolute Gasteiger partial charge is 0.234 e. The van der Waals surface area contributed by atoms with Gasteiger partial charge in [-0.3, -0.25) is 9.59 Å². The predicted molar refractivity (Wildman–Crippen MR) is 59.2 cm³/mol. The predicted octanol–water partition coefficient (Wildman–Crippen LogP) is -0.292. The van der Waals surface area contributed by atoms with E-state index in [0.717, 1.165) is 6.42 Å². The van der Waals surface area contributed by atoms with E-state index in [4.69, 9.17) is 5.73 Å². The Kier molecular flexibility index (Phi) is 6.70. The third-order valence-electron chi connectivity index (χ3n) is 2.21. The molecular formula is C10H21N3O2. The normalized spacial score (nSPS) is 12.2. The Balaban J connectivity index is 3.61. The lowest BCUT2D eigenvalue weighted by molar-refractivity contribution is -0.128. The first-order valence-corrected chi connectivity index (χ1v) is 5.21. The van der Waals surface area contributed by atoms with Crippen LogP contribution in [-0.2, 0) is 9.59 Å². The lowest BCUT2D eigenvalue weighted by Gasteiger charge is -2.13. The van der Waals surface area contributed by atoms with Gasteiger partial charge in [-0.15, -0.1) is 0 Å². The van der Waals surface area contributed by atoms with Crippen molar-refractivity contribution in [2.24, 2.45) is 5.73 Å². The van der Waals surface area contributed by atoms with Crippen LogP contribution in [0.2, 0.25) is 0 Å². The van der Waals surface area contributed by atoms with Gasteiger partial charge in [0.25, 0.3) is 0 Å². The summed E-state index contributed by atoms with van der Waals surface area (Å²) in [5, 5.41) is 3.02. The topological polar surface area (TPSA) is 75.4 Å². The number of nitrogens with two attached hydrogens (primary N) is 1. The zero-order valence-corrected chi connectivity index (χ0v) is 9.75. The third-order valence-corrected chi connectivity index (χ3v) is 2.21. The summed E-state index contributed by atoms with van der Waals surface area (Å²) in [6.07, 6.45) is 1.90. The van der Waals surface area contributed by atoms with Crippen molar-refractivity contribution >= 4 is 11.8 Å². The van der Waals surface area contributed by atoms with E-state index in [0.29, 0.717) is 19.4 Å². The van der Waals surface area contributed by atoms with Crippen LogP contribution in [0, 0.1) is 0 Å². The molecular weight excluding hydrogens is 194 g/mol. The summed E-state index contributed by atoms with van der Waals surface area (Å²) in [4.78, 5) is 23.6. The van der Waals surface area contributed by atoms with Gasteiger partial charge in [-0.05, 0) is 19.4 Å². The first-order valence-electron chi connectivity index (χ1n) is 5.21. The van der Waals surface area contributed by atoms with Crippen molar-refractivity contribution in [2.75, 3.05) is 20.6 Å². The van der Waals surface area contributed by atoms with Crippen LogP contribution in [0.15, 0.2) is 0 Å². The van der Waals surface area contributed by atoms with E-state index in [1.807, 2.05) is 6.92 Å². The highest BCUT2D eigenvalue weighted by atomic mass is 16.2. The quantitative estimate of drug-likeness (QED) is 0.573. The first-order chi connectivity index (χ1) is 6.99. The van der Waals surface area contributed by atoms with Gasteiger partial charge in [-0.1, -0.05) is 6.92 Å². The van der Waals surface area contributed by atoms with E-state index < -0.39 is 0 Å². The van der Waals surface area contributed by atoms with E-state index in [9.17, 15) is 9.59 Å². The van der Waals surface area contributed by atoms with E-state index in [1.165, 1.54) is 0 Å². The summed E-state index contributed by atoms with van der Waals surface area (Å²) in [6.45, 7) is 2.54. The number of carbonyl (C=O) groups is 2.